The molecule has 0 radical (unpaired) electrons. The van der Waals surface area contributed by atoms with E-state index in [0.29, 0.717) is 5.92 Å². The van der Waals surface area contributed by atoms with Crippen LogP contribution in [0.1, 0.15) is 52.4 Å². The van der Waals surface area contributed by atoms with Crippen LogP contribution in [0.3, 0.4) is 0 Å². The van der Waals surface area contributed by atoms with E-state index in [0.717, 1.165) is 25.2 Å². The van der Waals surface area contributed by atoms with Crippen LogP contribution >= 0.6 is 0 Å². The lowest BCUT2D eigenvalue weighted by Gasteiger charge is -2.48. The molecule has 2 N–H and O–H groups in total. The fourth-order valence-corrected chi connectivity index (χ4v) is 4.31. The van der Waals surface area contributed by atoms with E-state index in [-0.39, 0.29) is 12.0 Å². The van der Waals surface area contributed by atoms with Gasteiger partial charge in [-0.1, -0.05) is 20.3 Å². The van der Waals surface area contributed by atoms with Crippen molar-refractivity contribution in [1.29, 1.82) is 0 Å². The summed E-state index contributed by atoms with van der Waals surface area (Å²) in [5.74, 6) is 1.34. The van der Waals surface area contributed by atoms with E-state index in [1.54, 1.807) is 0 Å². The van der Waals surface area contributed by atoms with Gasteiger partial charge in [0.05, 0.1) is 12.2 Å². The van der Waals surface area contributed by atoms with Gasteiger partial charge in [-0.15, -0.1) is 0 Å². The van der Waals surface area contributed by atoms with Crippen LogP contribution in [-0.4, -0.2) is 22.4 Å². The van der Waals surface area contributed by atoms with Gasteiger partial charge in [0.1, 0.15) is 0 Å². The second kappa shape index (κ2) is 3.74. The lowest BCUT2D eigenvalue weighted by Crippen LogP contribution is -2.53. The van der Waals surface area contributed by atoms with Crippen molar-refractivity contribution in [1.82, 2.24) is 0 Å². The van der Waals surface area contributed by atoms with Gasteiger partial charge in [0.25, 0.3) is 0 Å². The number of rotatable bonds is 4. The molecule has 0 saturated heterocycles. The molecule has 0 aromatic carbocycles. The molecule has 2 nitrogen and oxygen atoms in total. The second-order valence-corrected chi connectivity index (χ2v) is 5.63. The molecule has 2 rings (SSSR count). The molecule has 2 heteroatoms. The Kier molecular flexibility index (Phi) is 2.85. The summed E-state index contributed by atoms with van der Waals surface area (Å²) < 4.78 is 0. The Morgan fingerprint density at radius 3 is 2.27 bits per heavy atom. The molecule has 0 heterocycles. The van der Waals surface area contributed by atoms with Gasteiger partial charge in [0, 0.05) is 5.41 Å². The molecule has 0 spiro atoms. The van der Waals surface area contributed by atoms with Crippen molar-refractivity contribution < 1.29 is 10.2 Å². The molecular weight excluding hydrogens is 188 g/mol. The summed E-state index contributed by atoms with van der Waals surface area (Å²) in [4.78, 5) is 0. The number of hydrogen-bond acceptors (Lipinski definition) is 2. The van der Waals surface area contributed by atoms with Crippen molar-refractivity contribution in [2.45, 2.75) is 58.0 Å². The van der Waals surface area contributed by atoms with Crippen LogP contribution in [0.15, 0.2) is 0 Å². The van der Waals surface area contributed by atoms with Crippen molar-refractivity contribution in [3.63, 3.8) is 0 Å². The van der Waals surface area contributed by atoms with E-state index in [4.69, 9.17) is 0 Å². The van der Waals surface area contributed by atoms with Crippen molar-refractivity contribution in [2.24, 2.45) is 17.3 Å². The Bertz CT molecular complexity index is 235. The zero-order valence-corrected chi connectivity index (χ0v) is 10.00. The quantitative estimate of drug-likeness (QED) is 0.751. The molecule has 88 valence electrons. The maximum absolute atomic E-state index is 10.7. The first kappa shape index (κ1) is 11.4. The second-order valence-electron chi connectivity index (χ2n) is 5.63. The van der Waals surface area contributed by atoms with E-state index in [1.165, 1.54) is 19.3 Å². The van der Waals surface area contributed by atoms with Crippen LogP contribution in [0.4, 0.5) is 0 Å². The molecule has 3 atom stereocenters. The largest absolute Gasteiger partial charge is 0.396 e. The highest BCUT2D eigenvalue weighted by Gasteiger charge is 2.59. The van der Waals surface area contributed by atoms with Gasteiger partial charge >= 0.3 is 0 Å². The summed E-state index contributed by atoms with van der Waals surface area (Å²) >= 11 is 0. The van der Waals surface area contributed by atoms with E-state index in [2.05, 4.69) is 0 Å². The average Bonchev–Trinajstić information content (AvgIpc) is 2.88. The molecular formula is C13H24O2. The van der Waals surface area contributed by atoms with Crippen LogP contribution < -0.4 is 0 Å². The van der Waals surface area contributed by atoms with E-state index >= 15 is 0 Å². The minimum absolute atomic E-state index is 0.173. The highest BCUT2D eigenvalue weighted by Crippen LogP contribution is 2.61. The number of fused-ring (bicyclic) bond motifs is 2. The third-order valence-electron chi connectivity index (χ3n) is 5.35. The third-order valence-corrected chi connectivity index (χ3v) is 5.35. The fraction of sp³-hybridized carbons (Fsp3) is 1.00. The summed E-state index contributed by atoms with van der Waals surface area (Å²) in [6, 6.07) is 0. The molecule has 2 saturated carbocycles. The Labute approximate surface area is 92.7 Å². The third kappa shape index (κ3) is 1.38. The zero-order chi connectivity index (χ0) is 11.1. The van der Waals surface area contributed by atoms with E-state index < -0.39 is 5.60 Å². The monoisotopic (exact) mass is 212 g/mol. The summed E-state index contributed by atoms with van der Waals surface area (Å²) in [6.45, 7) is 4.27. The van der Waals surface area contributed by atoms with Gasteiger partial charge in [-0.25, -0.2) is 0 Å². The van der Waals surface area contributed by atoms with Crippen molar-refractivity contribution >= 4 is 0 Å². The Hall–Kier alpha value is -0.0800. The normalized spacial score (nSPS) is 40.0. The molecule has 15 heavy (non-hydrogen) atoms. The topological polar surface area (TPSA) is 40.5 Å². The lowest BCUT2D eigenvalue weighted by atomic mass is 9.61. The molecule has 2 aliphatic rings. The summed E-state index contributed by atoms with van der Waals surface area (Å²) in [5, 5.41) is 20.5. The molecule has 0 aliphatic heterocycles. The van der Waals surface area contributed by atoms with Gasteiger partial charge in [0.2, 0.25) is 0 Å². The maximum Gasteiger partial charge on any atom is 0.0723 e. The van der Waals surface area contributed by atoms with Gasteiger partial charge in [-0.3, -0.25) is 0 Å². The first-order valence-electron chi connectivity index (χ1n) is 6.45. The molecule has 0 amide bonds. The predicted octanol–water partition coefficient (Wildman–Crippen LogP) is 2.34. The Morgan fingerprint density at radius 1 is 1.27 bits per heavy atom. The molecule has 3 unspecified atom stereocenters. The molecule has 0 aromatic heterocycles. The zero-order valence-electron chi connectivity index (χ0n) is 10.00. The Morgan fingerprint density at radius 2 is 1.93 bits per heavy atom. The fourth-order valence-electron chi connectivity index (χ4n) is 4.31. The molecule has 0 aromatic rings. The van der Waals surface area contributed by atoms with Gasteiger partial charge in [-0.2, -0.15) is 0 Å². The average molecular weight is 212 g/mol. The molecule has 2 bridgehead atoms. The lowest BCUT2D eigenvalue weighted by molar-refractivity contribution is -0.142. The smallest absolute Gasteiger partial charge is 0.0723 e. The van der Waals surface area contributed by atoms with Gasteiger partial charge in [-0.05, 0) is 43.9 Å². The number of aliphatic hydroxyl groups excluding tert-OH is 1. The summed E-state index contributed by atoms with van der Waals surface area (Å²) in [7, 11) is 0. The SMILES string of the molecule is CCC(O)(CC)C1(CO)CC2CCC1C2. The number of aliphatic hydroxyl groups is 2. The summed E-state index contributed by atoms with van der Waals surface area (Å²) in [6.07, 6.45) is 6.36. The van der Waals surface area contributed by atoms with Crippen molar-refractivity contribution in [2.75, 3.05) is 6.61 Å². The Balaban J connectivity index is 2.29. The van der Waals surface area contributed by atoms with Crippen LogP contribution in [0.5, 0.6) is 0 Å². The van der Waals surface area contributed by atoms with Gasteiger partial charge in [0.15, 0.2) is 0 Å². The highest BCUT2D eigenvalue weighted by molar-refractivity contribution is 5.09. The van der Waals surface area contributed by atoms with E-state index in [9.17, 15) is 10.2 Å². The molecule has 2 aliphatic carbocycles. The minimum atomic E-state index is -0.637. The molecule has 2 fully saturated rings. The number of hydrogen-bond donors (Lipinski definition) is 2. The van der Waals surface area contributed by atoms with E-state index in [1.807, 2.05) is 13.8 Å². The minimum Gasteiger partial charge on any atom is -0.396 e. The summed E-state index contributed by atoms with van der Waals surface area (Å²) in [5.41, 5.74) is -0.818. The van der Waals surface area contributed by atoms with Crippen molar-refractivity contribution in [3.05, 3.63) is 0 Å². The predicted molar refractivity (Wildman–Crippen MR) is 60.5 cm³/mol. The maximum atomic E-state index is 10.7. The first-order chi connectivity index (χ1) is 7.12. The van der Waals surface area contributed by atoms with Crippen LogP contribution in [0, 0.1) is 17.3 Å². The standard InChI is InChI=1S/C13H24O2/c1-3-13(15,4-2)12(9-14)8-10-5-6-11(12)7-10/h10-11,14-15H,3-9H2,1-2H3. The first-order valence-corrected chi connectivity index (χ1v) is 6.45. The van der Waals surface area contributed by atoms with Crippen LogP contribution in [-0.2, 0) is 0 Å². The highest BCUT2D eigenvalue weighted by atomic mass is 16.3. The van der Waals surface area contributed by atoms with Crippen LogP contribution in [0.25, 0.3) is 0 Å². The van der Waals surface area contributed by atoms with Crippen LogP contribution in [0.2, 0.25) is 0 Å². The van der Waals surface area contributed by atoms with Crippen molar-refractivity contribution in [3.8, 4) is 0 Å². The van der Waals surface area contributed by atoms with Gasteiger partial charge < -0.3 is 10.2 Å².